The topological polar surface area (TPSA) is 66.5 Å². The first kappa shape index (κ1) is 19.9. The number of sulfone groups is 1. The van der Waals surface area contributed by atoms with Crippen LogP contribution < -0.4 is 5.32 Å². The third-order valence-corrected chi connectivity index (χ3v) is 6.69. The van der Waals surface area contributed by atoms with Crippen molar-refractivity contribution in [3.8, 4) is 0 Å². The molecule has 1 N–H and O–H groups in total. The number of carbonyl (C=O) groups is 1. The Morgan fingerprint density at radius 1 is 1.15 bits per heavy atom. The number of aryl methyl sites for hydroxylation is 1. The summed E-state index contributed by atoms with van der Waals surface area (Å²) in [6.07, 6.45) is 1.11. The lowest BCUT2D eigenvalue weighted by atomic mass is 10.1. The lowest BCUT2D eigenvalue weighted by Crippen LogP contribution is -2.32. The van der Waals surface area contributed by atoms with Crippen molar-refractivity contribution in [1.82, 2.24) is 4.90 Å². The molecule has 7 heteroatoms. The summed E-state index contributed by atoms with van der Waals surface area (Å²) >= 11 is 1.98. The molecular weight excluding hydrogens is 380 g/mol. The Balaban J connectivity index is 1.81. The molecule has 1 amide bonds. The van der Waals surface area contributed by atoms with Gasteiger partial charge < -0.3 is 5.32 Å². The Morgan fingerprint density at radius 2 is 1.85 bits per heavy atom. The van der Waals surface area contributed by atoms with Crippen molar-refractivity contribution in [3.63, 3.8) is 0 Å². The first-order valence-corrected chi connectivity index (χ1v) is 11.9. The minimum absolute atomic E-state index is 0.0436. The van der Waals surface area contributed by atoms with Crippen molar-refractivity contribution < 1.29 is 13.2 Å². The van der Waals surface area contributed by atoms with Gasteiger partial charge in [-0.05, 0) is 36.2 Å². The highest BCUT2D eigenvalue weighted by molar-refractivity contribution is 7.99. The number of hydrogen-bond donors (Lipinski definition) is 1. The number of anilines is 1. The molecule has 0 radical (unpaired) electrons. The Bertz CT molecular complexity index is 936. The lowest BCUT2D eigenvalue weighted by Gasteiger charge is -2.26. The van der Waals surface area contributed by atoms with Crippen LogP contribution in [-0.4, -0.2) is 50.1 Å². The zero-order valence-corrected chi connectivity index (χ0v) is 17.2. The van der Waals surface area contributed by atoms with E-state index in [-0.39, 0.29) is 10.5 Å². The van der Waals surface area contributed by atoms with Crippen molar-refractivity contribution in [1.29, 1.82) is 0 Å². The highest BCUT2D eigenvalue weighted by Gasteiger charge is 2.19. The number of carbonyl (C=O) groups excluding carboxylic acids is 1. The molecule has 0 aliphatic carbocycles. The standard InChI is InChI=1S/C20H24N2O3S2/c1-15-7-8-16(14-22-9-11-26-12-10-22)13-18(15)21-20(23)17-5-3-4-6-19(17)27(2,24)25/h3-8,13H,9-12,14H2,1-2H3,(H,21,23). The first-order chi connectivity index (χ1) is 12.8. The van der Waals surface area contributed by atoms with Gasteiger partial charge in [-0.25, -0.2) is 8.42 Å². The van der Waals surface area contributed by atoms with Crippen molar-refractivity contribution in [2.24, 2.45) is 0 Å². The van der Waals surface area contributed by atoms with Crippen LogP contribution >= 0.6 is 11.8 Å². The SMILES string of the molecule is Cc1ccc(CN2CCSCC2)cc1NC(=O)c1ccccc1S(C)(=O)=O. The summed E-state index contributed by atoms with van der Waals surface area (Å²) in [4.78, 5) is 15.2. The number of amides is 1. The fraction of sp³-hybridized carbons (Fsp3) is 0.350. The van der Waals surface area contributed by atoms with Crippen LogP contribution in [0.4, 0.5) is 5.69 Å². The van der Waals surface area contributed by atoms with Crippen LogP contribution in [0.3, 0.4) is 0 Å². The van der Waals surface area contributed by atoms with Crippen LogP contribution in [0.25, 0.3) is 0 Å². The summed E-state index contributed by atoms with van der Waals surface area (Å²) in [6, 6.07) is 12.3. The molecule has 0 atom stereocenters. The molecule has 1 saturated heterocycles. The van der Waals surface area contributed by atoms with Crippen molar-refractivity contribution in [2.75, 3.05) is 36.2 Å². The maximum absolute atomic E-state index is 12.7. The third kappa shape index (κ3) is 5.12. The molecule has 144 valence electrons. The van der Waals surface area contributed by atoms with Crippen molar-refractivity contribution in [3.05, 3.63) is 59.2 Å². The molecule has 0 bridgehead atoms. The van der Waals surface area contributed by atoms with Gasteiger partial charge in [-0.15, -0.1) is 0 Å². The highest BCUT2D eigenvalue weighted by atomic mass is 32.2. The number of rotatable bonds is 5. The molecule has 2 aromatic carbocycles. The molecule has 0 saturated carbocycles. The minimum Gasteiger partial charge on any atom is -0.322 e. The zero-order chi connectivity index (χ0) is 19.4. The van der Waals surface area contributed by atoms with Gasteiger partial charge in [0.1, 0.15) is 0 Å². The molecule has 1 fully saturated rings. The molecule has 0 unspecified atom stereocenters. The first-order valence-electron chi connectivity index (χ1n) is 8.84. The molecule has 1 aliphatic heterocycles. The van der Waals surface area contributed by atoms with E-state index in [0.717, 1.165) is 48.5 Å². The fourth-order valence-corrected chi connectivity index (χ4v) is 4.95. The van der Waals surface area contributed by atoms with Gasteiger partial charge >= 0.3 is 0 Å². The quantitative estimate of drug-likeness (QED) is 0.829. The molecule has 27 heavy (non-hydrogen) atoms. The summed E-state index contributed by atoms with van der Waals surface area (Å²) in [5.41, 5.74) is 2.96. The van der Waals surface area contributed by atoms with Gasteiger partial charge in [0.2, 0.25) is 0 Å². The molecule has 0 aromatic heterocycles. The predicted molar refractivity (Wildman–Crippen MR) is 111 cm³/mol. The van der Waals surface area contributed by atoms with Crippen LogP contribution in [0.15, 0.2) is 47.4 Å². The van der Waals surface area contributed by atoms with Gasteiger partial charge in [0.15, 0.2) is 9.84 Å². The van der Waals surface area contributed by atoms with Crippen molar-refractivity contribution >= 4 is 33.2 Å². The maximum Gasteiger partial charge on any atom is 0.256 e. The van der Waals surface area contributed by atoms with E-state index in [4.69, 9.17) is 0 Å². The van der Waals surface area contributed by atoms with Gasteiger partial charge in [-0.3, -0.25) is 9.69 Å². The minimum atomic E-state index is -3.48. The molecule has 5 nitrogen and oxygen atoms in total. The second-order valence-electron chi connectivity index (χ2n) is 6.76. The summed E-state index contributed by atoms with van der Waals surface area (Å²) in [5, 5.41) is 2.89. The molecule has 1 aliphatic rings. The van der Waals surface area contributed by atoms with E-state index in [1.165, 1.54) is 12.1 Å². The van der Waals surface area contributed by atoms with Gasteiger partial charge in [0.25, 0.3) is 5.91 Å². The third-order valence-electron chi connectivity index (χ3n) is 4.59. The van der Waals surface area contributed by atoms with E-state index < -0.39 is 15.7 Å². The van der Waals surface area contributed by atoms with E-state index >= 15 is 0 Å². The summed E-state index contributed by atoms with van der Waals surface area (Å²) < 4.78 is 23.9. The Morgan fingerprint density at radius 3 is 2.56 bits per heavy atom. The smallest absolute Gasteiger partial charge is 0.256 e. The number of thioether (sulfide) groups is 1. The molecular formula is C20H24N2O3S2. The number of nitrogens with zero attached hydrogens (tertiary/aromatic N) is 1. The maximum atomic E-state index is 12.7. The summed E-state index contributed by atoms with van der Waals surface area (Å²) in [5.74, 6) is 1.89. The molecule has 0 spiro atoms. The summed E-state index contributed by atoms with van der Waals surface area (Å²) in [6.45, 7) is 4.92. The van der Waals surface area contributed by atoms with Gasteiger partial charge in [0.05, 0.1) is 10.5 Å². The Labute approximate surface area is 165 Å². The predicted octanol–water partition coefficient (Wildman–Crippen LogP) is 3.20. The largest absolute Gasteiger partial charge is 0.322 e. The average molecular weight is 405 g/mol. The zero-order valence-electron chi connectivity index (χ0n) is 15.6. The average Bonchev–Trinajstić information content (AvgIpc) is 2.64. The van der Waals surface area contributed by atoms with Crippen LogP contribution in [0.1, 0.15) is 21.5 Å². The lowest BCUT2D eigenvalue weighted by molar-refractivity contribution is 0.102. The second kappa shape index (κ2) is 8.46. The highest BCUT2D eigenvalue weighted by Crippen LogP contribution is 2.22. The molecule has 2 aromatic rings. The van der Waals surface area contributed by atoms with Crippen LogP contribution in [0.5, 0.6) is 0 Å². The van der Waals surface area contributed by atoms with E-state index in [9.17, 15) is 13.2 Å². The normalized spacial score (nSPS) is 15.5. The number of nitrogens with one attached hydrogen (secondary N) is 1. The fourth-order valence-electron chi connectivity index (χ4n) is 3.09. The van der Waals surface area contributed by atoms with Crippen LogP contribution in [-0.2, 0) is 16.4 Å². The second-order valence-corrected chi connectivity index (χ2v) is 9.97. The molecule has 1 heterocycles. The van der Waals surface area contributed by atoms with Crippen LogP contribution in [0.2, 0.25) is 0 Å². The Hall–Kier alpha value is -1.83. The van der Waals surface area contributed by atoms with Crippen LogP contribution in [0, 0.1) is 6.92 Å². The van der Waals surface area contributed by atoms with E-state index in [2.05, 4.69) is 16.3 Å². The molecule has 3 rings (SSSR count). The van der Waals surface area contributed by atoms with E-state index in [1.807, 2.05) is 30.8 Å². The van der Waals surface area contributed by atoms with Crippen molar-refractivity contribution in [2.45, 2.75) is 18.4 Å². The van der Waals surface area contributed by atoms with E-state index in [0.29, 0.717) is 5.69 Å². The number of benzene rings is 2. The monoisotopic (exact) mass is 404 g/mol. The summed E-state index contributed by atoms with van der Waals surface area (Å²) in [7, 11) is -3.48. The number of hydrogen-bond acceptors (Lipinski definition) is 5. The Kier molecular flexibility index (Phi) is 6.24. The van der Waals surface area contributed by atoms with E-state index in [1.54, 1.807) is 12.1 Å². The van der Waals surface area contributed by atoms with Gasteiger partial charge in [-0.2, -0.15) is 11.8 Å². The van der Waals surface area contributed by atoms with Gasteiger partial charge in [-0.1, -0.05) is 24.3 Å². The van der Waals surface area contributed by atoms with Gasteiger partial charge in [0, 0.05) is 43.1 Å².